The maximum atomic E-state index is 10.9. The van der Waals surface area contributed by atoms with Gasteiger partial charge in [0.2, 0.25) is 4.93 Å². The number of ether oxygens (including phenoxy) is 1. The largest absolute Gasteiger partial charge is 0.473 e. The highest BCUT2D eigenvalue weighted by atomic mass is 32.2. The molecule has 2 aromatic rings. The molecule has 7 nitrogen and oxygen atoms in total. The molecule has 0 spiro atoms. The summed E-state index contributed by atoms with van der Waals surface area (Å²) < 4.78 is 6.42. The van der Waals surface area contributed by atoms with E-state index in [1.807, 2.05) is 56.3 Å². The Balaban J connectivity index is 0.000000335. The number of rotatable bonds is 3. The van der Waals surface area contributed by atoms with Crippen LogP contribution >= 0.6 is 24.0 Å². The van der Waals surface area contributed by atoms with E-state index in [-0.39, 0.29) is 0 Å². The molecule has 3 heterocycles. The van der Waals surface area contributed by atoms with Gasteiger partial charge in [-0.2, -0.15) is 5.06 Å². The number of H-pyrrole nitrogens is 1. The Kier molecular flexibility index (Phi) is 8.47. The fourth-order valence-electron chi connectivity index (χ4n) is 2.35. The predicted octanol–water partition coefficient (Wildman–Crippen LogP) is 4.33. The molecule has 0 radical (unpaired) electrons. The van der Waals surface area contributed by atoms with Gasteiger partial charge < -0.3 is 15.5 Å². The molecule has 1 aliphatic rings. The van der Waals surface area contributed by atoms with Gasteiger partial charge >= 0.3 is 6.03 Å². The molecule has 0 saturated carbocycles. The number of nitrogens with zero attached hydrogens (tertiary/aromatic N) is 2. The molecule has 0 fully saturated rings. The minimum Gasteiger partial charge on any atom is -0.473 e. The Labute approximate surface area is 185 Å². The first-order chi connectivity index (χ1) is 14.2. The maximum absolute atomic E-state index is 10.9. The average Bonchev–Trinajstić information content (AvgIpc) is 3.14. The highest BCUT2D eigenvalue weighted by Gasteiger charge is 2.33. The van der Waals surface area contributed by atoms with Crippen molar-refractivity contribution in [3.05, 3.63) is 64.8 Å². The Morgan fingerprint density at radius 2 is 2.13 bits per heavy atom. The van der Waals surface area contributed by atoms with Gasteiger partial charge in [0.25, 0.3) is 0 Å². The number of aromatic amines is 1. The Bertz CT molecular complexity index is 1020. The number of aryl methyl sites for hydroxylation is 2. The zero-order valence-corrected chi connectivity index (χ0v) is 18.6. The lowest BCUT2D eigenvalue weighted by Gasteiger charge is -2.22. The van der Waals surface area contributed by atoms with Crippen molar-refractivity contribution in [3.8, 4) is 11.8 Å². The third-order valence-electron chi connectivity index (χ3n) is 3.85. The van der Waals surface area contributed by atoms with Crippen LogP contribution in [0.1, 0.15) is 24.7 Å². The van der Waals surface area contributed by atoms with E-state index >= 15 is 0 Å². The first kappa shape index (κ1) is 23.5. The van der Waals surface area contributed by atoms with Crippen LogP contribution in [0.2, 0.25) is 0 Å². The van der Waals surface area contributed by atoms with Crippen molar-refractivity contribution in [2.45, 2.75) is 43.2 Å². The second-order valence-corrected chi connectivity index (χ2v) is 8.21. The van der Waals surface area contributed by atoms with Crippen LogP contribution in [-0.2, 0) is 4.74 Å². The number of nitrogens with one attached hydrogen (secondary N) is 1. The number of urea groups is 1. The van der Waals surface area contributed by atoms with E-state index in [0.29, 0.717) is 11.5 Å². The van der Waals surface area contributed by atoms with Crippen molar-refractivity contribution in [1.82, 2.24) is 15.0 Å². The van der Waals surface area contributed by atoms with Gasteiger partial charge in [-0.1, -0.05) is 30.3 Å². The summed E-state index contributed by atoms with van der Waals surface area (Å²) in [6.45, 7) is 5.47. The van der Waals surface area contributed by atoms with Gasteiger partial charge in [0, 0.05) is 17.8 Å². The standard InChI is InChI=1S/C15H17N3O3S.C6H7NS/c1-11-5-3-6-13(17-11)22-15(8-4-10-21-15)9-7-12(2)18(20)14(16)19;1-5-3-2-4-6(8)7-5/h3-6,10,12,20H,8H2,1-2H3,(H2,16,19);2-4H,1H3,(H,7,8). The first-order valence-corrected chi connectivity index (χ1v) is 10.3. The van der Waals surface area contributed by atoms with Gasteiger partial charge in [0.1, 0.15) is 15.7 Å². The number of amides is 2. The normalized spacial score (nSPS) is 17.6. The van der Waals surface area contributed by atoms with Crippen LogP contribution in [-0.4, -0.2) is 37.2 Å². The predicted molar refractivity (Wildman–Crippen MR) is 119 cm³/mol. The summed E-state index contributed by atoms with van der Waals surface area (Å²) in [5, 5.41) is 10.6. The smallest absolute Gasteiger partial charge is 0.339 e. The number of carbonyl (C=O) groups is 1. The zero-order chi connectivity index (χ0) is 22.1. The Morgan fingerprint density at radius 3 is 2.67 bits per heavy atom. The van der Waals surface area contributed by atoms with Crippen molar-refractivity contribution < 1.29 is 14.7 Å². The Morgan fingerprint density at radius 1 is 1.40 bits per heavy atom. The molecule has 4 N–H and O–H groups in total. The highest BCUT2D eigenvalue weighted by Crippen LogP contribution is 2.39. The third-order valence-corrected chi connectivity index (χ3v) is 5.22. The molecule has 2 aromatic heterocycles. The van der Waals surface area contributed by atoms with Crippen LogP contribution in [0.3, 0.4) is 0 Å². The molecule has 1 aliphatic heterocycles. The highest BCUT2D eigenvalue weighted by molar-refractivity contribution is 8.00. The van der Waals surface area contributed by atoms with E-state index in [4.69, 9.17) is 22.7 Å². The summed E-state index contributed by atoms with van der Waals surface area (Å²) in [5.74, 6) is 5.77. The minimum atomic E-state index is -0.950. The lowest BCUT2D eigenvalue weighted by atomic mass is 10.2. The molecule has 0 bridgehead atoms. The van der Waals surface area contributed by atoms with E-state index in [2.05, 4.69) is 21.8 Å². The maximum Gasteiger partial charge on any atom is 0.339 e. The summed E-state index contributed by atoms with van der Waals surface area (Å²) >= 11 is 6.23. The average molecular weight is 445 g/mol. The van der Waals surface area contributed by atoms with Crippen molar-refractivity contribution in [1.29, 1.82) is 0 Å². The molecule has 158 valence electrons. The van der Waals surface area contributed by atoms with Gasteiger partial charge in [-0.15, -0.1) is 0 Å². The molecule has 9 heteroatoms. The van der Waals surface area contributed by atoms with E-state index < -0.39 is 17.0 Å². The number of pyridine rings is 2. The molecule has 2 unspecified atom stereocenters. The van der Waals surface area contributed by atoms with Gasteiger partial charge in [0.15, 0.2) is 0 Å². The van der Waals surface area contributed by atoms with Crippen LogP contribution in [0.25, 0.3) is 0 Å². The van der Waals surface area contributed by atoms with Crippen molar-refractivity contribution >= 4 is 30.0 Å². The molecule has 0 aromatic carbocycles. The minimum absolute atomic E-state index is 0.388. The molecule has 3 rings (SSSR count). The topological polar surface area (TPSA) is 104 Å². The van der Waals surface area contributed by atoms with Crippen LogP contribution in [0.5, 0.6) is 0 Å². The second kappa shape index (κ2) is 10.8. The summed E-state index contributed by atoms with van der Waals surface area (Å²) in [4.78, 5) is 17.5. The summed E-state index contributed by atoms with van der Waals surface area (Å²) in [5.41, 5.74) is 7.02. The number of thioether (sulfide) groups is 1. The fourth-order valence-corrected chi connectivity index (χ4v) is 3.66. The molecular weight excluding hydrogens is 420 g/mol. The van der Waals surface area contributed by atoms with E-state index in [0.717, 1.165) is 21.1 Å². The third kappa shape index (κ3) is 7.22. The number of primary amides is 1. The first-order valence-electron chi connectivity index (χ1n) is 9.12. The number of carbonyl (C=O) groups excluding carboxylic acids is 1. The molecule has 0 saturated heterocycles. The molecule has 2 amide bonds. The van der Waals surface area contributed by atoms with Gasteiger partial charge in [0.05, 0.1) is 6.26 Å². The molecular formula is C21H24N4O3S2. The van der Waals surface area contributed by atoms with Crippen LogP contribution in [0.4, 0.5) is 4.79 Å². The van der Waals surface area contributed by atoms with Gasteiger partial charge in [-0.3, -0.25) is 5.21 Å². The lowest BCUT2D eigenvalue weighted by molar-refractivity contribution is -0.0537. The molecule has 2 atom stereocenters. The van der Waals surface area contributed by atoms with E-state index in [1.54, 1.807) is 13.2 Å². The Hall–Kier alpha value is -2.80. The SMILES string of the molecule is Cc1cccc(=S)[nH]1.Cc1cccc(SC2(C#CC(C)N(O)C(N)=O)CC=CO2)n1. The number of hydroxylamine groups is 2. The quantitative estimate of drug-likeness (QED) is 0.282. The van der Waals surface area contributed by atoms with E-state index in [9.17, 15) is 10.0 Å². The summed E-state index contributed by atoms with van der Waals surface area (Å²) in [6, 6.07) is 9.81. The van der Waals surface area contributed by atoms with Crippen LogP contribution < -0.4 is 5.73 Å². The second-order valence-electron chi connectivity index (χ2n) is 6.49. The van der Waals surface area contributed by atoms with Gasteiger partial charge in [-0.25, -0.2) is 9.78 Å². The lowest BCUT2D eigenvalue weighted by Crippen LogP contribution is -2.39. The molecule has 30 heavy (non-hydrogen) atoms. The van der Waals surface area contributed by atoms with Crippen LogP contribution in [0, 0.1) is 30.3 Å². The van der Waals surface area contributed by atoms with Gasteiger partial charge in [-0.05, 0) is 68.8 Å². The number of hydrogen-bond acceptors (Lipinski definition) is 6. The zero-order valence-electron chi connectivity index (χ0n) is 17.0. The molecule has 0 aliphatic carbocycles. The van der Waals surface area contributed by atoms with Crippen molar-refractivity contribution in [2.75, 3.05) is 0 Å². The number of hydrogen-bond donors (Lipinski definition) is 3. The van der Waals surface area contributed by atoms with Crippen molar-refractivity contribution in [2.24, 2.45) is 5.73 Å². The monoisotopic (exact) mass is 444 g/mol. The van der Waals surface area contributed by atoms with E-state index in [1.165, 1.54) is 11.8 Å². The summed E-state index contributed by atoms with van der Waals surface area (Å²) in [7, 11) is 0. The number of nitrogens with two attached hydrogens (primary N) is 1. The fraction of sp³-hybridized carbons (Fsp3) is 0.286. The number of aromatic nitrogens is 2. The van der Waals surface area contributed by atoms with Crippen LogP contribution in [0.15, 0.2) is 53.8 Å². The van der Waals surface area contributed by atoms with Crippen molar-refractivity contribution in [3.63, 3.8) is 0 Å². The summed E-state index contributed by atoms with van der Waals surface area (Å²) in [6.07, 6.45) is 4.04.